The van der Waals surface area contributed by atoms with Gasteiger partial charge in [0.25, 0.3) is 0 Å². The van der Waals surface area contributed by atoms with Gasteiger partial charge in [0.2, 0.25) is 4.77 Å². The number of aromatic amines is 1. The van der Waals surface area contributed by atoms with E-state index in [9.17, 15) is 0 Å². The van der Waals surface area contributed by atoms with Crippen LogP contribution in [0.2, 0.25) is 10.0 Å². The first-order valence-corrected chi connectivity index (χ1v) is 9.63. The van der Waals surface area contributed by atoms with Gasteiger partial charge in [0.1, 0.15) is 6.61 Å². The average Bonchev–Trinajstić information content (AvgIpc) is 3.06. The van der Waals surface area contributed by atoms with Crippen molar-refractivity contribution in [1.82, 2.24) is 14.9 Å². The minimum atomic E-state index is 0.338. The normalized spacial score (nSPS) is 11.1. The summed E-state index contributed by atoms with van der Waals surface area (Å²) in [5, 5.41) is 12.3. The van der Waals surface area contributed by atoms with Crippen molar-refractivity contribution in [2.45, 2.75) is 20.0 Å². The van der Waals surface area contributed by atoms with Gasteiger partial charge in [0.15, 0.2) is 17.3 Å². The molecule has 6 nitrogen and oxygen atoms in total. The zero-order chi connectivity index (χ0) is 20.1. The summed E-state index contributed by atoms with van der Waals surface area (Å²) < 4.78 is 13.3. The Bertz CT molecular complexity index is 1050. The van der Waals surface area contributed by atoms with Crippen LogP contribution in [0.4, 0.5) is 0 Å². The standard InChI is InChI=1S/C19H18Cl2N4O2S/c1-3-17-23-24-19(28)25(17)22-10-13-8-15(21)18(16(9-13)26-2)27-11-12-4-6-14(20)7-5-12/h4-10H,3,11H2,1-2H3,(H,24,28)/b22-10-. The monoisotopic (exact) mass is 436 g/mol. The third-order valence-corrected chi connectivity index (χ3v) is 4.70. The van der Waals surface area contributed by atoms with Crippen molar-refractivity contribution in [2.24, 2.45) is 5.10 Å². The molecule has 146 valence electrons. The lowest BCUT2D eigenvalue weighted by atomic mass is 10.2. The number of nitrogens with zero attached hydrogens (tertiary/aromatic N) is 3. The largest absolute Gasteiger partial charge is 0.493 e. The Morgan fingerprint density at radius 3 is 2.68 bits per heavy atom. The van der Waals surface area contributed by atoms with E-state index in [1.54, 1.807) is 30.1 Å². The van der Waals surface area contributed by atoms with Crippen molar-refractivity contribution in [3.8, 4) is 11.5 Å². The van der Waals surface area contributed by atoms with Crippen LogP contribution in [0.3, 0.4) is 0 Å². The number of rotatable bonds is 7. The van der Waals surface area contributed by atoms with Crippen LogP contribution in [0.5, 0.6) is 11.5 Å². The van der Waals surface area contributed by atoms with Gasteiger partial charge in [-0.1, -0.05) is 42.3 Å². The molecule has 9 heteroatoms. The van der Waals surface area contributed by atoms with Crippen LogP contribution < -0.4 is 9.47 Å². The number of hydrogen-bond donors (Lipinski definition) is 1. The molecule has 0 radical (unpaired) electrons. The van der Waals surface area contributed by atoms with E-state index >= 15 is 0 Å². The van der Waals surface area contributed by atoms with Gasteiger partial charge in [-0.3, -0.25) is 5.10 Å². The average molecular weight is 437 g/mol. The number of halogens is 2. The minimum Gasteiger partial charge on any atom is -0.493 e. The Morgan fingerprint density at radius 2 is 2.00 bits per heavy atom. The van der Waals surface area contributed by atoms with Gasteiger partial charge >= 0.3 is 0 Å². The molecule has 0 aliphatic rings. The molecule has 1 heterocycles. The fourth-order valence-corrected chi connectivity index (χ4v) is 3.08. The fourth-order valence-electron chi connectivity index (χ4n) is 2.49. The predicted molar refractivity (Wildman–Crippen MR) is 114 cm³/mol. The highest BCUT2D eigenvalue weighted by Crippen LogP contribution is 2.36. The van der Waals surface area contributed by atoms with E-state index in [-0.39, 0.29) is 0 Å². The van der Waals surface area contributed by atoms with E-state index in [0.717, 1.165) is 17.0 Å². The molecule has 0 saturated heterocycles. The summed E-state index contributed by atoms with van der Waals surface area (Å²) in [7, 11) is 1.56. The molecule has 0 aliphatic carbocycles. The lowest BCUT2D eigenvalue weighted by molar-refractivity contribution is 0.284. The lowest BCUT2D eigenvalue weighted by Crippen LogP contribution is -2.00. The minimum absolute atomic E-state index is 0.338. The number of hydrogen-bond acceptors (Lipinski definition) is 5. The topological polar surface area (TPSA) is 64.4 Å². The van der Waals surface area contributed by atoms with Crippen LogP contribution in [0.25, 0.3) is 0 Å². The molecule has 2 aromatic carbocycles. The molecule has 3 rings (SSSR count). The summed E-state index contributed by atoms with van der Waals surface area (Å²) in [6.07, 6.45) is 2.34. The van der Waals surface area contributed by atoms with Gasteiger partial charge in [-0.2, -0.15) is 14.9 Å². The van der Waals surface area contributed by atoms with Gasteiger partial charge < -0.3 is 9.47 Å². The first-order chi connectivity index (χ1) is 13.5. The number of nitrogens with one attached hydrogen (secondary N) is 1. The molecule has 0 unspecified atom stereocenters. The number of aromatic nitrogens is 3. The number of ether oxygens (including phenoxy) is 2. The first kappa shape index (κ1) is 20.4. The Labute approximate surface area is 177 Å². The molecule has 0 fully saturated rings. The Hall–Kier alpha value is -2.35. The van der Waals surface area contributed by atoms with Crippen molar-refractivity contribution in [3.63, 3.8) is 0 Å². The van der Waals surface area contributed by atoms with E-state index in [0.29, 0.717) is 39.3 Å². The zero-order valence-corrected chi connectivity index (χ0v) is 17.6. The zero-order valence-electron chi connectivity index (χ0n) is 15.3. The molecule has 3 aromatic rings. The van der Waals surface area contributed by atoms with Crippen LogP contribution in [0.15, 0.2) is 41.5 Å². The van der Waals surface area contributed by atoms with Crippen LogP contribution in [0.1, 0.15) is 23.9 Å². The number of aryl methyl sites for hydroxylation is 1. The summed E-state index contributed by atoms with van der Waals surface area (Å²) in [6.45, 7) is 2.31. The lowest BCUT2D eigenvalue weighted by Gasteiger charge is -2.13. The van der Waals surface area contributed by atoms with Crippen LogP contribution in [-0.2, 0) is 13.0 Å². The van der Waals surface area contributed by atoms with Crippen molar-refractivity contribution < 1.29 is 9.47 Å². The van der Waals surface area contributed by atoms with Gasteiger partial charge in [-0.25, -0.2) is 0 Å². The van der Waals surface area contributed by atoms with Crippen molar-refractivity contribution >= 4 is 41.6 Å². The van der Waals surface area contributed by atoms with E-state index in [2.05, 4.69) is 15.3 Å². The molecular weight excluding hydrogens is 419 g/mol. The molecule has 0 bridgehead atoms. The number of benzene rings is 2. The summed E-state index contributed by atoms with van der Waals surface area (Å²) in [5.41, 5.74) is 1.71. The Morgan fingerprint density at radius 1 is 1.25 bits per heavy atom. The van der Waals surface area contributed by atoms with Crippen molar-refractivity contribution in [3.05, 3.63) is 68.2 Å². The fraction of sp³-hybridized carbons (Fsp3) is 0.211. The summed E-state index contributed by atoms with van der Waals surface area (Å²) in [5.74, 6) is 1.71. The second kappa shape index (κ2) is 9.23. The van der Waals surface area contributed by atoms with Crippen molar-refractivity contribution in [2.75, 3.05) is 7.11 Å². The summed E-state index contributed by atoms with van der Waals surface area (Å²) in [4.78, 5) is 0. The SMILES string of the molecule is CCc1n[nH]c(=S)n1/N=C\c1cc(Cl)c(OCc2ccc(Cl)cc2)c(OC)c1. The van der Waals surface area contributed by atoms with E-state index in [1.165, 1.54) is 0 Å². The molecular formula is C19H18Cl2N4O2S. The highest BCUT2D eigenvalue weighted by atomic mass is 35.5. The maximum Gasteiger partial charge on any atom is 0.216 e. The van der Waals surface area contributed by atoms with Crippen LogP contribution in [0, 0.1) is 4.77 Å². The summed E-state index contributed by atoms with van der Waals surface area (Å²) >= 11 is 17.5. The third kappa shape index (κ3) is 4.73. The molecule has 0 saturated carbocycles. The van der Waals surface area contributed by atoms with Gasteiger partial charge in [-0.05, 0) is 47.6 Å². The van der Waals surface area contributed by atoms with Gasteiger partial charge in [0.05, 0.1) is 18.3 Å². The van der Waals surface area contributed by atoms with Crippen LogP contribution in [-0.4, -0.2) is 28.2 Å². The second-order valence-electron chi connectivity index (χ2n) is 5.80. The second-order valence-corrected chi connectivity index (χ2v) is 7.03. The highest BCUT2D eigenvalue weighted by molar-refractivity contribution is 7.71. The maximum absolute atomic E-state index is 6.42. The molecule has 0 aliphatic heterocycles. The van der Waals surface area contributed by atoms with Gasteiger partial charge in [0, 0.05) is 11.4 Å². The molecule has 1 aromatic heterocycles. The maximum atomic E-state index is 6.42. The highest BCUT2D eigenvalue weighted by Gasteiger charge is 2.12. The quantitative estimate of drug-likeness (QED) is 0.404. The molecule has 0 amide bonds. The molecule has 0 spiro atoms. The van der Waals surface area contributed by atoms with E-state index < -0.39 is 0 Å². The van der Waals surface area contributed by atoms with Crippen molar-refractivity contribution in [1.29, 1.82) is 0 Å². The Balaban J connectivity index is 1.82. The van der Waals surface area contributed by atoms with E-state index in [1.807, 2.05) is 31.2 Å². The molecule has 28 heavy (non-hydrogen) atoms. The van der Waals surface area contributed by atoms with E-state index in [4.69, 9.17) is 44.9 Å². The van der Waals surface area contributed by atoms with Gasteiger partial charge in [-0.15, -0.1) is 0 Å². The third-order valence-electron chi connectivity index (χ3n) is 3.90. The predicted octanol–water partition coefficient (Wildman–Crippen LogP) is 5.28. The summed E-state index contributed by atoms with van der Waals surface area (Å²) in [6, 6.07) is 10.9. The Kier molecular flexibility index (Phi) is 6.72. The number of methoxy groups -OCH3 is 1. The smallest absolute Gasteiger partial charge is 0.216 e. The molecule has 0 atom stereocenters. The molecule has 1 N–H and O–H groups in total. The number of H-pyrrole nitrogens is 1. The van der Waals surface area contributed by atoms with Crippen LogP contribution >= 0.6 is 35.4 Å². The first-order valence-electron chi connectivity index (χ1n) is 8.47.